The van der Waals surface area contributed by atoms with E-state index in [1.54, 1.807) is 0 Å². The molecule has 0 bridgehead atoms. The molecule has 0 aliphatic rings. The summed E-state index contributed by atoms with van der Waals surface area (Å²) in [7, 11) is 1.94. The SMILES string of the molecule is CCc1nn(C)cc1-n1ccc(CNC(C)(C)C)n1. The summed E-state index contributed by atoms with van der Waals surface area (Å²) in [5.74, 6) is 0. The molecule has 1 N–H and O–H groups in total. The number of nitrogens with one attached hydrogen (secondary N) is 1. The first-order valence-electron chi connectivity index (χ1n) is 6.71. The lowest BCUT2D eigenvalue weighted by atomic mass is 10.1. The molecule has 0 fully saturated rings. The van der Waals surface area contributed by atoms with E-state index in [2.05, 4.69) is 43.2 Å². The van der Waals surface area contributed by atoms with Crippen LogP contribution in [0.5, 0.6) is 0 Å². The minimum atomic E-state index is 0.104. The Labute approximate surface area is 114 Å². The third kappa shape index (κ3) is 3.44. The van der Waals surface area contributed by atoms with Crippen LogP contribution >= 0.6 is 0 Å². The monoisotopic (exact) mass is 261 g/mol. The number of rotatable bonds is 4. The summed E-state index contributed by atoms with van der Waals surface area (Å²) >= 11 is 0. The van der Waals surface area contributed by atoms with Crippen molar-refractivity contribution >= 4 is 0 Å². The highest BCUT2D eigenvalue weighted by Gasteiger charge is 2.12. The Morgan fingerprint density at radius 2 is 2.00 bits per heavy atom. The summed E-state index contributed by atoms with van der Waals surface area (Å²) in [6, 6.07) is 2.05. The van der Waals surface area contributed by atoms with Crippen molar-refractivity contribution in [2.24, 2.45) is 7.05 Å². The van der Waals surface area contributed by atoms with Gasteiger partial charge in [0.1, 0.15) is 5.69 Å². The predicted molar refractivity (Wildman–Crippen MR) is 76.3 cm³/mol. The predicted octanol–water partition coefficient (Wildman–Crippen LogP) is 2.06. The van der Waals surface area contributed by atoms with E-state index in [-0.39, 0.29) is 5.54 Å². The van der Waals surface area contributed by atoms with Gasteiger partial charge in [0, 0.05) is 25.3 Å². The Balaban J connectivity index is 2.16. The molecule has 0 amide bonds. The van der Waals surface area contributed by atoms with Gasteiger partial charge in [-0.3, -0.25) is 4.68 Å². The molecule has 0 aliphatic carbocycles. The quantitative estimate of drug-likeness (QED) is 0.916. The zero-order chi connectivity index (χ0) is 14.0. The van der Waals surface area contributed by atoms with Gasteiger partial charge in [0.15, 0.2) is 0 Å². The first-order chi connectivity index (χ1) is 8.89. The number of aryl methyl sites for hydroxylation is 2. The van der Waals surface area contributed by atoms with Crippen molar-refractivity contribution in [1.29, 1.82) is 0 Å². The van der Waals surface area contributed by atoms with E-state index in [0.717, 1.165) is 30.0 Å². The van der Waals surface area contributed by atoms with Crippen molar-refractivity contribution in [3.05, 3.63) is 29.8 Å². The highest BCUT2D eigenvalue weighted by atomic mass is 15.3. The lowest BCUT2D eigenvalue weighted by molar-refractivity contribution is 0.420. The van der Waals surface area contributed by atoms with Crippen LogP contribution in [-0.2, 0) is 20.0 Å². The van der Waals surface area contributed by atoms with Crippen molar-refractivity contribution in [3.8, 4) is 5.69 Å². The molecule has 5 heteroatoms. The topological polar surface area (TPSA) is 47.7 Å². The summed E-state index contributed by atoms with van der Waals surface area (Å²) in [6.45, 7) is 9.34. The van der Waals surface area contributed by atoms with E-state index >= 15 is 0 Å². The van der Waals surface area contributed by atoms with Gasteiger partial charge in [0.25, 0.3) is 0 Å². The zero-order valence-corrected chi connectivity index (χ0v) is 12.4. The van der Waals surface area contributed by atoms with E-state index < -0.39 is 0 Å². The van der Waals surface area contributed by atoms with Crippen molar-refractivity contribution in [1.82, 2.24) is 24.9 Å². The number of hydrogen-bond donors (Lipinski definition) is 1. The van der Waals surface area contributed by atoms with E-state index in [9.17, 15) is 0 Å². The van der Waals surface area contributed by atoms with E-state index in [4.69, 9.17) is 0 Å². The van der Waals surface area contributed by atoms with Crippen LogP contribution in [0.4, 0.5) is 0 Å². The van der Waals surface area contributed by atoms with Crippen molar-refractivity contribution in [2.75, 3.05) is 0 Å². The first kappa shape index (κ1) is 13.8. The molecule has 0 radical (unpaired) electrons. The second-order valence-corrected chi connectivity index (χ2v) is 5.84. The molecule has 19 heavy (non-hydrogen) atoms. The molecular formula is C14H23N5. The highest BCUT2D eigenvalue weighted by molar-refractivity contribution is 5.34. The Kier molecular flexibility index (Phi) is 3.75. The molecule has 2 rings (SSSR count). The lowest BCUT2D eigenvalue weighted by Crippen LogP contribution is -2.35. The van der Waals surface area contributed by atoms with Gasteiger partial charge >= 0.3 is 0 Å². The fourth-order valence-electron chi connectivity index (χ4n) is 1.91. The van der Waals surface area contributed by atoms with Gasteiger partial charge in [0.05, 0.1) is 17.6 Å². The number of aromatic nitrogens is 4. The van der Waals surface area contributed by atoms with Gasteiger partial charge in [-0.15, -0.1) is 0 Å². The Bertz CT molecular complexity index is 544. The summed E-state index contributed by atoms with van der Waals surface area (Å²) in [5.41, 5.74) is 3.28. The second-order valence-electron chi connectivity index (χ2n) is 5.84. The average Bonchev–Trinajstić information content (AvgIpc) is 2.91. The van der Waals surface area contributed by atoms with Gasteiger partial charge in [-0.1, -0.05) is 6.92 Å². The van der Waals surface area contributed by atoms with Crippen LogP contribution in [0.3, 0.4) is 0 Å². The molecule has 2 heterocycles. The van der Waals surface area contributed by atoms with Gasteiger partial charge < -0.3 is 5.32 Å². The maximum atomic E-state index is 4.61. The molecule has 2 aromatic heterocycles. The largest absolute Gasteiger partial charge is 0.306 e. The van der Waals surface area contributed by atoms with Gasteiger partial charge in [0.2, 0.25) is 0 Å². The van der Waals surface area contributed by atoms with Crippen LogP contribution in [0.1, 0.15) is 39.1 Å². The Morgan fingerprint density at radius 3 is 2.63 bits per heavy atom. The van der Waals surface area contributed by atoms with Crippen molar-refractivity contribution in [3.63, 3.8) is 0 Å². The molecule has 104 valence electrons. The van der Waals surface area contributed by atoms with Gasteiger partial charge in [-0.25, -0.2) is 4.68 Å². The Hall–Kier alpha value is -1.62. The van der Waals surface area contributed by atoms with Crippen LogP contribution in [-0.4, -0.2) is 25.1 Å². The van der Waals surface area contributed by atoms with Crippen LogP contribution in [0.15, 0.2) is 18.5 Å². The average molecular weight is 261 g/mol. The maximum Gasteiger partial charge on any atom is 0.106 e. The normalized spacial score (nSPS) is 12.1. The lowest BCUT2D eigenvalue weighted by Gasteiger charge is -2.19. The molecule has 0 saturated heterocycles. The molecule has 0 spiro atoms. The smallest absolute Gasteiger partial charge is 0.106 e. The first-order valence-corrected chi connectivity index (χ1v) is 6.71. The summed E-state index contributed by atoms with van der Waals surface area (Å²) < 4.78 is 3.74. The minimum Gasteiger partial charge on any atom is -0.306 e. The van der Waals surface area contributed by atoms with Crippen molar-refractivity contribution < 1.29 is 0 Å². The highest BCUT2D eigenvalue weighted by Crippen LogP contribution is 2.13. The standard InChI is InChI=1S/C14H23N5/c1-6-12-13(10-18(5)17-12)19-8-7-11(16-19)9-15-14(2,3)4/h7-8,10,15H,6,9H2,1-5H3. The molecule has 0 aromatic carbocycles. The van der Waals surface area contributed by atoms with Crippen LogP contribution in [0.25, 0.3) is 5.69 Å². The maximum absolute atomic E-state index is 4.61. The van der Waals surface area contributed by atoms with E-state index in [0.29, 0.717) is 0 Å². The summed E-state index contributed by atoms with van der Waals surface area (Å²) in [6.07, 6.45) is 4.91. The second kappa shape index (κ2) is 5.17. The third-order valence-corrected chi connectivity index (χ3v) is 2.91. The molecule has 0 aliphatic heterocycles. The molecule has 0 unspecified atom stereocenters. The number of nitrogens with zero attached hydrogens (tertiary/aromatic N) is 4. The molecule has 2 aromatic rings. The van der Waals surface area contributed by atoms with Gasteiger partial charge in [-0.05, 0) is 33.3 Å². The fraction of sp³-hybridized carbons (Fsp3) is 0.571. The van der Waals surface area contributed by atoms with Gasteiger partial charge in [-0.2, -0.15) is 10.2 Å². The summed E-state index contributed by atoms with van der Waals surface area (Å²) in [5, 5.41) is 12.5. The Morgan fingerprint density at radius 1 is 1.26 bits per heavy atom. The molecule has 0 atom stereocenters. The fourth-order valence-corrected chi connectivity index (χ4v) is 1.91. The number of hydrogen-bond acceptors (Lipinski definition) is 3. The van der Waals surface area contributed by atoms with E-state index in [1.807, 2.05) is 34.9 Å². The zero-order valence-electron chi connectivity index (χ0n) is 12.4. The molecule has 0 saturated carbocycles. The third-order valence-electron chi connectivity index (χ3n) is 2.91. The van der Waals surface area contributed by atoms with Crippen LogP contribution in [0.2, 0.25) is 0 Å². The molecular weight excluding hydrogens is 238 g/mol. The van der Waals surface area contributed by atoms with Crippen LogP contribution in [0, 0.1) is 0 Å². The van der Waals surface area contributed by atoms with Crippen LogP contribution < -0.4 is 5.32 Å². The minimum absolute atomic E-state index is 0.104. The van der Waals surface area contributed by atoms with Crippen molar-refractivity contribution in [2.45, 2.75) is 46.2 Å². The molecule has 5 nitrogen and oxygen atoms in total. The van der Waals surface area contributed by atoms with E-state index in [1.165, 1.54) is 0 Å². The summed E-state index contributed by atoms with van der Waals surface area (Å²) in [4.78, 5) is 0.